The van der Waals surface area contributed by atoms with Gasteiger partial charge >= 0.3 is 29.6 Å². The quantitative estimate of drug-likeness (QED) is 0.282. The van der Waals surface area contributed by atoms with Gasteiger partial charge in [0.15, 0.2) is 0 Å². The van der Waals surface area contributed by atoms with Gasteiger partial charge in [0.1, 0.15) is 0 Å². The number of aliphatic carboxylic acids is 1. The van der Waals surface area contributed by atoms with Crippen molar-refractivity contribution >= 4 is 16.1 Å². The summed E-state index contributed by atoms with van der Waals surface area (Å²) in [5.74, 6) is -2.14. The molecule has 0 bridgehead atoms. The number of carbonyl (C=O) groups is 1. The van der Waals surface area contributed by atoms with E-state index in [0.717, 1.165) is 0 Å². The molecule has 0 aromatic carbocycles. The first-order chi connectivity index (χ1) is 4.83. The molecule has 0 rings (SSSR count). The van der Waals surface area contributed by atoms with Crippen LogP contribution in [-0.2, 0) is 14.9 Å². The fourth-order valence-electron chi connectivity index (χ4n) is 0.354. The van der Waals surface area contributed by atoms with Gasteiger partial charge in [0.25, 0.3) is 10.1 Å². The summed E-state index contributed by atoms with van der Waals surface area (Å²) in [5, 5.41) is 9.93. The molecule has 1 N–H and O–H groups in total. The van der Waals surface area contributed by atoms with E-state index < -0.39 is 21.8 Å². The molecule has 0 aromatic heterocycles. The predicted molar refractivity (Wildman–Crippen MR) is 35.2 cm³/mol. The third-order valence-corrected chi connectivity index (χ3v) is 1.67. The first-order valence-electron chi connectivity index (χ1n) is 2.67. The Kier molecular flexibility index (Phi) is 6.97. The van der Waals surface area contributed by atoms with Crippen molar-refractivity contribution < 1.29 is 52.4 Å². The second-order valence-corrected chi connectivity index (χ2v) is 3.50. The Morgan fingerprint density at radius 2 is 1.92 bits per heavy atom. The second-order valence-electron chi connectivity index (χ2n) is 1.93. The molecular weight excluding hydrogens is 195 g/mol. The first-order valence-corrected chi connectivity index (χ1v) is 4.28. The van der Waals surface area contributed by atoms with Crippen molar-refractivity contribution in [3.63, 3.8) is 0 Å². The monoisotopic (exact) mass is 202 g/mol. The van der Waals surface area contributed by atoms with Crippen LogP contribution in [0.5, 0.6) is 0 Å². The maximum Gasteiger partial charge on any atom is 1.00 e. The standard InChI is InChI=1S/C5H8O5S.Na/c1-4(5(6)7)2-3-11(8,9)10;/h1-3H2,(H,6,7)(H,8,9,10);/q;+1/p-1. The van der Waals surface area contributed by atoms with Crippen molar-refractivity contribution in [3.8, 4) is 0 Å². The Bertz CT molecular complexity index is 268. The Labute approximate surface area is 92.5 Å². The molecular formula is C5H7NaO5S. The van der Waals surface area contributed by atoms with E-state index in [1.165, 1.54) is 0 Å². The molecule has 0 atom stereocenters. The van der Waals surface area contributed by atoms with Gasteiger partial charge in [-0.05, 0) is 12.0 Å². The Morgan fingerprint density at radius 1 is 1.50 bits per heavy atom. The Hall–Kier alpha value is 0.120. The van der Waals surface area contributed by atoms with Crippen LogP contribution in [0.3, 0.4) is 0 Å². The predicted octanol–water partition coefficient (Wildman–Crippen LogP) is -4.43. The molecule has 0 saturated heterocycles. The molecule has 0 saturated carbocycles. The molecule has 5 nitrogen and oxygen atoms in total. The van der Waals surface area contributed by atoms with E-state index in [1.54, 1.807) is 0 Å². The van der Waals surface area contributed by atoms with Crippen LogP contribution in [0.1, 0.15) is 6.42 Å². The minimum absolute atomic E-state index is 0. The second kappa shape index (κ2) is 5.71. The molecule has 0 radical (unpaired) electrons. The minimum atomic E-state index is -4.10. The zero-order chi connectivity index (χ0) is 9.07. The van der Waals surface area contributed by atoms with Crippen LogP contribution >= 0.6 is 0 Å². The summed E-state index contributed by atoms with van der Waals surface area (Å²) in [6, 6.07) is 0. The van der Waals surface area contributed by atoms with Gasteiger partial charge in [0.2, 0.25) is 0 Å². The van der Waals surface area contributed by atoms with Crippen LogP contribution in [0.15, 0.2) is 12.2 Å². The molecule has 0 amide bonds. The van der Waals surface area contributed by atoms with Gasteiger partial charge in [0.05, 0.1) is 11.7 Å². The molecule has 0 aliphatic heterocycles. The van der Waals surface area contributed by atoms with Gasteiger partial charge in [-0.2, -0.15) is 8.42 Å². The maximum absolute atomic E-state index is 10.1. The van der Waals surface area contributed by atoms with Gasteiger partial charge in [-0.15, -0.1) is 0 Å². The van der Waals surface area contributed by atoms with E-state index in [1.807, 2.05) is 0 Å². The van der Waals surface area contributed by atoms with Crippen molar-refractivity contribution in [2.75, 3.05) is 5.75 Å². The van der Waals surface area contributed by atoms with Crippen molar-refractivity contribution in [3.05, 3.63) is 12.2 Å². The van der Waals surface area contributed by atoms with Gasteiger partial charge in [-0.1, -0.05) is 6.58 Å². The molecule has 64 valence electrons. The normalized spacial score (nSPS) is 10.1. The van der Waals surface area contributed by atoms with Crippen LogP contribution < -0.4 is 34.7 Å². The van der Waals surface area contributed by atoms with Crippen molar-refractivity contribution in [1.82, 2.24) is 0 Å². The van der Waals surface area contributed by atoms with Crippen LogP contribution in [0.25, 0.3) is 0 Å². The van der Waals surface area contributed by atoms with E-state index in [-0.39, 0.29) is 41.6 Å². The number of carboxylic acid groups (broad SMARTS) is 1. The van der Waals surface area contributed by atoms with E-state index in [4.69, 9.17) is 4.55 Å². The number of carboxylic acids is 1. The van der Waals surface area contributed by atoms with E-state index in [9.17, 15) is 18.3 Å². The Morgan fingerprint density at radius 3 is 2.17 bits per heavy atom. The summed E-state index contributed by atoms with van der Waals surface area (Å²) < 4.78 is 28.3. The number of hydrogen-bond donors (Lipinski definition) is 1. The summed E-state index contributed by atoms with van der Waals surface area (Å²) in [6.07, 6.45) is -0.318. The first kappa shape index (κ1) is 14.6. The van der Waals surface area contributed by atoms with Gasteiger partial charge in [-0.25, -0.2) is 0 Å². The van der Waals surface area contributed by atoms with Gasteiger partial charge < -0.3 is 9.90 Å². The molecule has 0 aliphatic carbocycles. The number of rotatable bonds is 4. The largest absolute Gasteiger partial charge is 1.00 e. The number of hydrogen-bond acceptors (Lipinski definition) is 4. The summed E-state index contributed by atoms with van der Waals surface area (Å²) >= 11 is 0. The smallest absolute Gasteiger partial charge is 0.545 e. The fourth-order valence-corrected chi connectivity index (χ4v) is 0.859. The molecule has 0 aliphatic rings. The van der Waals surface area contributed by atoms with Crippen LogP contribution in [-0.4, -0.2) is 24.7 Å². The average Bonchev–Trinajstić information content (AvgIpc) is 1.80. The summed E-state index contributed by atoms with van der Waals surface area (Å²) in [6.45, 7) is 3.02. The van der Waals surface area contributed by atoms with Gasteiger partial charge in [-0.3, -0.25) is 4.55 Å². The molecule has 0 fully saturated rings. The molecule has 12 heavy (non-hydrogen) atoms. The average molecular weight is 202 g/mol. The molecule has 0 aromatic rings. The van der Waals surface area contributed by atoms with E-state index >= 15 is 0 Å². The van der Waals surface area contributed by atoms with Crippen LogP contribution in [0.4, 0.5) is 0 Å². The zero-order valence-corrected chi connectivity index (χ0v) is 9.43. The third kappa shape index (κ3) is 8.22. The Balaban J connectivity index is 0. The zero-order valence-electron chi connectivity index (χ0n) is 6.61. The summed E-state index contributed by atoms with van der Waals surface area (Å²) in [5.41, 5.74) is -0.345. The molecule has 0 spiro atoms. The maximum atomic E-state index is 10.1. The number of carbonyl (C=O) groups excluding carboxylic acids is 1. The van der Waals surface area contributed by atoms with Crippen LogP contribution in [0, 0.1) is 0 Å². The molecule has 0 heterocycles. The fraction of sp³-hybridized carbons (Fsp3) is 0.400. The molecule has 0 unspecified atom stereocenters. The van der Waals surface area contributed by atoms with Gasteiger partial charge in [0, 0.05) is 0 Å². The molecule has 7 heteroatoms. The van der Waals surface area contributed by atoms with Crippen molar-refractivity contribution in [1.29, 1.82) is 0 Å². The van der Waals surface area contributed by atoms with Crippen molar-refractivity contribution in [2.45, 2.75) is 6.42 Å². The summed E-state index contributed by atoms with van der Waals surface area (Å²) in [7, 11) is -4.10. The third-order valence-electron chi connectivity index (χ3n) is 0.950. The van der Waals surface area contributed by atoms with E-state index in [2.05, 4.69) is 6.58 Å². The van der Waals surface area contributed by atoms with Crippen molar-refractivity contribution in [2.24, 2.45) is 0 Å². The SMILES string of the molecule is C=C(CCS(=O)(=O)O)C(=O)[O-].[Na+]. The minimum Gasteiger partial charge on any atom is -0.545 e. The van der Waals surface area contributed by atoms with Crippen LogP contribution in [0.2, 0.25) is 0 Å². The van der Waals surface area contributed by atoms with E-state index in [0.29, 0.717) is 0 Å². The topological polar surface area (TPSA) is 94.5 Å². The summed E-state index contributed by atoms with van der Waals surface area (Å²) in [4.78, 5) is 9.93.